The van der Waals surface area contributed by atoms with Crippen LogP contribution in [0, 0.1) is 0 Å². The van der Waals surface area contributed by atoms with Crippen LogP contribution in [0.1, 0.15) is 35.2 Å². The Bertz CT molecular complexity index is 1140. The summed E-state index contributed by atoms with van der Waals surface area (Å²) in [7, 11) is 3.21. The molecule has 0 unspecified atom stereocenters. The maximum Gasteiger partial charge on any atom is 0.226 e. The third-order valence-electron chi connectivity index (χ3n) is 5.85. The minimum Gasteiger partial charge on any atom is -0.493 e. The van der Waals surface area contributed by atoms with Gasteiger partial charge in [-0.05, 0) is 37.5 Å². The standard InChI is InChI=1S/C24H23N3O3/c1-29-18-11-10-15(14-19(18)30-2)21-20-22(16-8-4-5-9-17(16)23(20)28)26-24(25-21)27-12-6-3-7-13-27/h4-5,8-11,14H,3,6-7,12-13H2,1-2H3. The van der Waals surface area contributed by atoms with Gasteiger partial charge in [0.05, 0.1) is 31.2 Å². The summed E-state index contributed by atoms with van der Waals surface area (Å²) in [5, 5.41) is 0. The van der Waals surface area contributed by atoms with Crippen molar-refractivity contribution in [3.05, 3.63) is 53.6 Å². The number of benzene rings is 2. The topological polar surface area (TPSA) is 64.5 Å². The lowest BCUT2D eigenvalue weighted by Crippen LogP contribution is -2.31. The van der Waals surface area contributed by atoms with Crippen molar-refractivity contribution in [3.8, 4) is 34.0 Å². The fraction of sp³-hybridized carbons (Fsp3) is 0.292. The van der Waals surface area contributed by atoms with E-state index in [1.54, 1.807) is 14.2 Å². The molecule has 0 saturated carbocycles. The van der Waals surface area contributed by atoms with Gasteiger partial charge in [0.1, 0.15) is 0 Å². The number of ether oxygens (including phenoxy) is 2. The Morgan fingerprint density at radius 1 is 0.833 bits per heavy atom. The molecule has 1 aliphatic heterocycles. The van der Waals surface area contributed by atoms with Gasteiger partial charge in [-0.3, -0.25) is 4.79 Å². The molecule has 1 aromatic heterocycles. The molecule has 0 bridgehead atoms. The minimum atomic E-state index is -0.0319. The number of piperidine rings is 1. The normalized spacial score (nSPS) is 15.0. The number of nitrogens with zero attached hydrogens (tertiary/aromatic N) is 3. The molecule has 0 spiro atoms. The molecule has 5 rings (SSSR count). The lowest BCUT2D eigenvalue weighted by molar-refractivity contribution is 0.104. The maximum absolute atomic E-state index is 13.3. The van der Waals surface area contributed by atoms with Gasteiger partial charge in [0.25, 0.3) is 0 Å². The third-order valence-corrected chi connectivity index (χ3v) is 5.85. The molecule has 6 heteroatoms. The lowest BCUT2D eigenvalue weighted by Gasteiger charge is -2.27. The summed E-state index contributed by atoms with van der Waals surface area (Å²) in [6, 6.07) is 13.3. The number of carbonyl (C=O) groups is 1. The molecule has 2 aromatic carbocycles. The third kappa shape index (κ3) is 2.91. The molecule has 30 heavy (non-hydrogen) atoms. The molecule has 0 N–H and O–H groups in total. The number of aromatic nitrogens is 2. The van der Waals surface area contributed by atoms with E-state index < -0.39 is 0 Å². The molecule has 2 heterocycles. The number of anilines is 1. The van der Waals surface area contributed by atoms with E-state index in [2.05, 4.69) is 4.90 Å². The predicted molar refractivity (Wildman–Crippen MR) is 116 cm³/mol. The van der Waals surface area contributed by atoms with Gasteiger partial charge in [0.15, 0.2) is 17.3 Å². The first-order valence-corrected chi connectivity index (χ1v) is 10.2. The van der Waals surface area contributed by atoms with Crippen LogP contribution in [-0.4, -0.2) is 43.1 Å². The monoisotopic (exact) mass is 401 g/mol. The first-order chi connectivity index (χ1) is 14.7. The van der Waals surface area contributed by atoms with E-state index in [0.29, 0.717) is 34.3 Å². The van der Waals surface area contributed by atoms with Crippen molar-refractivity contribution < 1.29 is 14.3 Å². The Morgan fingerprint density at radius 3 is 2.27 bits per heavy atom. The van der Waals surface area contributed by atoms with Crippen LogP contribution in [0.3, 0.4) is 0 Å². The SMILES string of the molecule is COc1ccc(-c2nc(N3CCCCC3)nc3c2C(=O)c2ccccc2-3)cc1OC. The van der Waals surface area contributed by atoms with Gasteiger partial charge in [0, 0.05) is 29.8 Å². The fourth-order valence-corrected chi connectivity index (χ4v) is 4.31. The Hall–Kier alpha value is -3.41. The molecule has 2 aliphatic rings. The van der Waals surface area contributed by atoms with Crippen LogP contribution in [0.15, 0.2) is 42.5 Å². The van der Waals surface area contributed by atoms with E-state index in [4.69, 9.17) is 19.4 Å². The van der Waals surface area contributed by atoms with Crippen molar-refractivity contribution >= 4 is 11.7 Å². The highest BCUT2D eigenvalue weighted by molar-refractivity contribution is 6.23. The lowest BCUT2D eigenvalue weighted by atomic mass is 10.0. The Labute approximate surface area is 175 Å². The number of hydrogen-bond acceptors (Lipinski definition) is 6. The van der Waals surface area contributed by atoms with Gasteiger partial charge < -0.3 is 14.4 Å². The van der Waals surface area contributed by atoms with Crippen LogP contribution >= 0.6 is 0 Å². The molecule has 0 amide bonds. The van der Waals surface area contributed by atoms with E-state index in [1.165, 1.54) is 6.42 Å². The van der Waals surface area contributed by atoms with Crippen LogP contribution in [0.25, 0.3) is 22.5 Å². The number of methoxy groups -OCH3 is 2. The summed E-state index contributed by atoms with van der Waals surface area (Å²) in [5.74, 6) is 1.89. The van der Waals surface area contributed by atoms with Crippen molar-refractivity contribution in [2.24, 2.45) is 0 Å². The van der Waals surface area contributed by atoms with E-state index in [1.807, 2.05) is 42.5 Å². The average molecular weight is 401 g/mol. The van der Waals surface area contributed by atoms with E-state index in [0.717, 1.165) is 42.8 Å². The van der Waals surface area contributed by atoms with Crippen LogP contribution in [0.5, 0.6) is 11.5 Å². The summed E-state index contributed by atoms with van der Waals surface area (Å²) in [6.07, 6.45) is 3.48. The van der Waals surface area contributed by atoms with Crippen LogP contribution in [0.4, 0.5) is 5.95 Å². The van der Waals surface area contributed by atoms with E-state index in [-0.39, 0.29) is 5.78 Å². The zero-order chi connectivity index (χ0) is 20.7. The summed E-state index contributed by atoms with van der Waals surface area (Å²) in [4.78, 5) is 25.3. The van der Waals surface area contributed by atoms with Crippen molar-refractivity contribution in [2.75, 3.05) is 32.2 Å². The molecular weight excluding hydrogens is 378 g/mol. The van der Waals surface area contributed by atoms with Crippen molar-refractivity contribution in [2.45, 2.75) is 19.3 Å². The molecule has 152 valence electrons. The first kappa shape index (κ1) is 18.6. The second-order valence-electron chi connectivity index (χ2n) is 7.59. The molecule has 1 fully saturated rings. The quantitative estimate of drug-likeness (QED) is 0.506. The second-order valence-corrected chi connectivity index (χ2v) is 7.59. The Balaban J connectivity index is 1.74. The molecular formula is C24H23N3O3. The number of fused-ring (bicyclic) bond motifs is 3. The number of hydrogen-bond donors (Lipinski definition) is 0. The van der Waals surface area contributed by atoms with Gasteiger partial charge in [-0.1, -0.05) is 24.3 Å². The fourth-order valence-electron chi connectivity index (χ4n) is 4.31. The number of ketones is 1. The zero-order valence-electron chi connectivity index (χ0n) is 17.1. The first-order valence-electron chi connectivity index (χ1n) is 10.2. The van der Waals surface area contributed by atoms with Crippen LogP contribution < -0.4 is 14.4 Å². The van der Waals surface area contributed by atoms with Gasteiger partial charge in [0.2, 0.25) is 5.95 Å². The van der Waals surface area contributed by atoms with Crippen molar-refractivity contribution in [3.63, 3.8) is 0 Å². The summed E-state index contributed by atoms with van der Waals surface area (Å²) < 4.78 is 10.9. The van der Waals surface area contributed by atoms with Crippen molar-refractivity contribution in [1.29, 1.82) is 0 Å². The average Bonchev–Trinajstić information content (AvgIpc) is 3.11. The Morgan fingerprint density at radius 2 is 1.53 bits per heavy atom. The van der Waals surface area contributed by atoms with Gasteiger partial charge in [-0.2, -0.15) is 0 Å². The predicted octanol–water partition coefficient (Wildman–Crippen LogP) is 4.36. The summed E-state index contributed by atoms with van der Waals surface area (Å²) >= 11 is 0. The minimum absolute atomic E-state index is 0.0319. The Kier molecular flexibility index (Phi) is 4.62. The zero-order valence-corrected chi connectivity index (χ0v) is 17.1. The molecule has 3 aromatic rings. The second kappa shape index (κ2) is 7.44. The van der Waals surface area contributed by atoms with Gasteiger partial charge >= 0.3 is 0 Å². The maximum atomic E-state index is 13.3. The summed E-state index contributed by atoms with van der Waals surface area (Å²) in [6.45, 7) is 1.86. The molecule has 0 radical (unpaired) electrons. The largest absolute Gasteiger partial charge is 0.493 e. The van der Waals surface area contributed by atoms with E-state index in [9.17, 15) is 4.79 Å². The number of carbonyl (C=O) groups excluding carboxylic acids is 1. The van der Waals surface area contributed by atoms with Crippen LogP contribution in [0.2, 0.25) is 0 Å². The molecule has 1 saturated heterocycles. The van der Waals surface area contributed by atoms with Gasteiger partial charge in [-0.25, -0.2) is 9.97 Å². The van der Waals surface area contributed by atoms with Crippen molar-refractivity contribution in [1.82, 2.24) is 9.97 Å². The highest BCUT2D eigenvalue weighted by atomic mass is 16.5. The molecule has 0 atom stereocenters. The summed E-state index contributed by atoms with van der Waals surface area (Å²) in [5.41, 5.74) is 4.28. The molecule has 6 nitrogen and oxygen atoms in total. The van der Waals surface area contributed by atoms with Gasteiger partial charge in [-0.15, -0.1) is 0 Å². The van der Waals surface area contributed by atoms with Crippen LogP contribution in [-0.2, 0) is 0 Å². The highest BCUT2D eigenvalue weighted by Gasteiger charge is 2.33. The smallest absolute Gasteiger partial charge is 0.226 e. The van der Waals surface area contributed by atoms with E-state index >= 15 is 0 Å². The number of rotatable bonds is 4. The molecule has 1 aliphatic carbocycles. The highest BCUT2D eigenvalue weighted by Crippen LogP contribution is 2.42.